The fraction of sp³-hybridized carbons (Fsp3) is 0.583. The summed E-state index contributed by atoms with van der Waals surface area (Å²) in [6, 6.07) is 0. The van der Waals surface area contributed by atoms with Crippen LogP contribution in [-0.4, -0.2) is 136 Å². The molecule has 10 atom stereocenters. The van der Waals surface area contributed by atoms with E-state index < -0.39 is 107 Å². The number of carbonyl (C=O) groups excluding carboxylic acids is 2. The summed E-state index contributed by atoms with van der Waals surface area (Å²) in [5.41, 5.74) is -4.03. The maximum absolute atomic E-state index is 13.1. The molecule has 2 aliphatic heterocycles. The average molecular weight is 607 g/mol. The molecular formula is C24H30O14S2. The predicted octanol–water partition coefficient (Wildman–Crippen LogP) is -2.40. The van der Waals surface area contributed by atoms with Gasteiger partial charge < -0.3 is 60.5 Å². The van der Waals surface area contributed by atoms with E-state index in [4.69, 9.17) is 9.47 Å². The Kier molecular flexibility index (Phi) is 9.50. The van der Waals surface area contributed by atoms with E-state index in [1.807, 2.05) is 0 Å². The Bertz CT molecular complexity index is 1190. The maximum atomic E-state index is 13.1. The summed E-state index contributed by atoms with van der Waals surface area (Å²) in [7, 11) is 0. The number of hydrogen-bond acceptors (Lipinski definition) is 16. The van der Waals surface area contributed by atoms with Crippen LogP contribution in [0.25, 0.3) is 0 Å². The molecule has 2 heterocycles. The van der Waals surface area contributed by atoms with Crippen LogP contribution < -0.4 is 0 Å². The Hall–Kier alpha value is -1.80. The van der Waals surface area contributed by atoms with Gasteiger partial charge in [-0.15, -0.1) is 0 Å². The molecule has 0 radical (unpaired) electrons. The fourth-order valence-corrected chi connectivity index (χ4v) is 7.22. The summed E-state index contributed by atoms with van der Waals surface area (Å²) in [4.78, 5) is 25.3. The lowest BCUT2D eigenvalue weighted by Crippen LogP contribution is -2.57. The minimum absolute atomic E-state index is 0.0466. The van der Waals surface area contributed by atoms with Gasteiger partial charge in [0.05, 0.1) is 34.1 Å². The summed E-state index contributed by atoms with van der Waals surface area (Å²) >= 11 is 0.958. The zero-order valence-electron chi connectivity index (χ0n) is 20.9. The molecule has 2 fully saturated rings. The van der Waals surface area contributed by atoms with Gasteiger partial charge in [0.25, 0.3) is 0 Å². The van der Waals surface area contributed by atoms with Crippen LogP contribution in [0.5, 0.6) is 11.5 Å². The van der Waals surface area contributed by atoms with E-state index in [9.17, 15) is 60.7 Å². The van der Waals surface area contributed by atoms with Crippen molar-refractivity contribution in [1.82, 2.24) is 0 Å². The van der Waals surface area contributed by atoms with Gasteiger partial charge in [-0.05, 0) is 12.5 Å². The number of ether oxygens (including phenoxy) is 2. The van der Waals surface area contributed by atoms with E-state index in [1.165, 1.54) is 0 Å². The van der Waals surface area contributed by atoms with Crippen molar-refractivity contribution in [3.63, 3.8) is 0 Å². The van der Waals surface area contributed by atoms with Crippen LogP contribution in [0.3, 0.4) is 0 Å². The van der Waals surface area contributed by atoms with Crippen molar-refractivity contribution in [1.29, 1.82) is 0 Å². The highest BCUT2D eigenvalue weighted by Gasteiger charge is 2.47. The Morgan fingerprint density at radius 1 is 0.700 bits per heavy atom. The van der Waals surface area contributed by atoms with Gasteiger partial charge in [0.15, 0.2) is 11.6 Å². The van der Waals surface area contributed by atoms with E-state index in [0.717, 1.165) is 6.08 Å². The smallest absolute Gasteiger partial charge is 0.193 e. The molecule has 16 heteroatoms. The third-order valence-corrected chi connectivity index (χ3v) is 9.62. The molecule has 14 nitrogen and oxygen atoms in total. The molecule has 0 unspecified atom stereocenters. The normalized spacial score (nSPS) is 36.4. The van der Waals surface area contributed by atoms with Gasteiger partial charge in [-0.3, -0.25) is 9.59 Å². The molecule has 0 spiro atoms. The number of aromatic hydroxyl groups is 2. The predicted molar refractivity (Wildman–Crippen MR) is 136 cm³/mol. The summed E-state index contributed by atoms with van der Waals surface area (Å²) in [6.45, 7) is 0.0902. The number of aliphatic hydroxyl groups excluding tert-OH is 8. The van der Waals surface area contributed by atoms with Gasteiger partial charge in [0, 0.05) is 5.57 Å². The monoisotopic (exact) mass is 606 g/mol. The van der Waals surface area contributed by atoms with Crippen molar-refractivity contribution in [3.8, 4) is 11.5 Å². The number of aliphatic hydroxyl groups is 8. The van der Waals surface area contributed by atoms with Crippen molar-refractivity contribution in [2.45, 2.75) is 82.8 Å². The van der Waals surface area contributed by atoms with Crippen molar-refractivity contribution in [2.24, 2.45) is 0 Å². The first kappa shape index (κ1) is 31.1. The van der Waals surface area contributed by atoms with Gasteiger partial charge in [0.2, 0.25) is 0 Å². The van der Waals surface area contributed by atoms with E-state index in [-0.39, 0.29) is 21.8 Å². The number of thioether (sulfide) groups is 2. The van der Waals surface area contributed by atoms with Crippen molar-refractivity contribution in [3.05, 3.63) is 22.8 Å². The molecule has 2 saturated heterocycles. The highest BCUT2D eigenvalue weighted by molar-refractivity contribution is 8.03. The highest BCUT2D eigenvalue weighted by Crippen LogP contribution is 2.53. The van der Waals surface area contributed by atoms with Crippen LogP contribution >= 0.6 is 23.5 Å². The number of hydrogen-bond donors (Lipinski definition) is 10. The Morgan fingerprint density at radius 3 is 1.52 bits per heavy atom. The number of fused-ring (bicyclic) bond motifs is 1. The Morgan fingerprint density at radius 2 is 1.12 bits per heavy atom. The van der Waals surface area contributed by atoms with Crippen molar-refractivity contribution in [2.75, 3.05) is 13.2 Å². The largest absolute Gasteiger partial charge is 0.506 e. The number of phenols is 2. The molecule has 0 amide bonds. The minimum Gasteiger partial charge on any atom is -0.506 e. The second-order valence-corrected chi connectivity index (χ2v) is 11.7. The lowest BCUT2D eigenvalue weighted by molar-refractivity contribution is -0.205. The van der Waals surface area contributed by atoms with Crippen LogP contribution in [0.1, 0.15) is 34.1 Å². The number of rotatable bonds is 7. The molecule has 0 bridgehead atoms. The van der Waals surface area contributed by atoms with Crippen LogP contribution in [0.15, 0.2) is 21.4 Å². The quantitative estimate of drug-likeness (QED) is 0.145. The molecule has 40 heavy (non-hydrogen) atoms. The van der Waals surface area contributed by atoms with Crippen molar-refractivity contribution >= 4 is 35.1 Å². The van der Waals surface area contributed by atoms with E-state index in [2.05, 4.69) is 0 Å². The van der Waals surface area contributed by atoms with E-state index in [1.54, 1.807) is 6.92 Å². The molecule has 10 N–H and O–H groups in total. The molecule has 1 aromatic rings. The maximum Gasteiger partial charge on any atom is 0.193 e. The number of carbonyl (C=O) groups is 2. The highest BCUT2D eigenvalue weighted by atomic mass is 32.2. The lowest BCUT2D eigenvalue weighted by Gasteiger charge is -2.41. The molecular weight excluding hydrogens is 576 g/mol. The zero-order chi connectivity index (χ0) is 29.6. The second-order valence-electron chi connectivity index (χ2n) is 9.45. The van der Waals surface area contributed by atoms with Gasteiger partial charge in [-0.2, -0.15) is 0 Å². The molecule has 222 valence electrons. The molecule has 0 saturated carbocycles. The number of Topliss-reactive ketones (excluding diaryl/α,β-unsaturated/α-hetero) is 1. The van der Waals surface area contributed by atoms with Crippen molar-refractivity contribution < 1.29 is 70.1 Å². The molecule has 3 aliphatic rings. The zero-order valence-corrected chi connectivity index (χ0v) is 22.5. The first-order chi connectivity index (χ1) is 18.9. The molecule has 4 rings (SSSR count). The molecule has 1 aromatic carbocycles. The summed E-state index contributed by atoms with van der Waals surface area (Å²) in [5, 5.41) is 103. The number of benzene rings is 1. The first-order valence-electron chi connectivity index (χ1n) is 12.2. The number of allylic oxidation sites excluding steroid dienone is 2. The molecule has 1 aliphatic carbocycles. The van der Waals surface area contributed by atoms with Gasteiger partial charge >= 0.3 is 0 Å². The topological polar surface area (TPSA) is 255 Å². The summed E-state index contributed by atoms with van der Waals surface area (Å²) < 4.78 is 11.0. The summed E-state index contributed by atoms with van der Waals surface area (Å²) in [5.74, 6) is -3.19. The first-order valence-corrected chi connectivity index (χ1v) is 14.0. The van der Waals surface area contributed by atoms with E-state index in [0.29, 0.717) is 23.5 Å². The van der Waals surface area contributed by atoms with Gasteiger partial charge in [0.1, 0.15) is 71.2 Å². The van der Waals surface area contributed by atoms with Crippen LogP contribution in [-0.2, 0) is 9.47 Å². The van der Waals surface area contributed by atoms with Crippen LogP contribution in [0.4, 0.5) is 0 Å². The Balaban J connectivity index is 1.84. The third-order valence-electron chi connectivity index (χ3n) is 6.98. The lowest BCUT2D eigenvalue weighted by atomic mass is 9.87. The number of phenolic OH excluding ortho intramolecular Hbond substituents is 2. The number of ketones is 2. The second kappa shape index (κ2) is 12.2. The summed E-state index contributed by atoms with van der Waals surface area (Å²) in [6.07, 6.45) is -12.1. The Labute approximate surface area is 235 Å². The average Bonchev–Trinajstić information content (AvgIpc) is 2.94. The minimum atomic E-state index is -1.80. The third kappa shape index (κ3) is 5.28. The van der Waals surface area contributed by atoms with Crippen LogP contribution in [0.2, 0.25) is 0 Å². The van der Waals surface area contributed by atoms with E-state index >= 15 is 0 Å². The van der Waals surface area contributed by atoms with Crippen LogP contribution in [0, 0.1) is 0 Å². The van der Waals surface area contributed by atoms with Gasteiger partial charge in [-0.25, -0.2) is 0 Å². The SMILES string of the molecule is CCC1=CC(=O)c2c(O)c(S[C@@H]3O[C@H](CO)[C@@H](O)[C@H](O)[C@H]3O)c(S[C@@H]3O[C@H](CO)[C@@H](O)[C@H](O)[C@H]3O)c(O)c2C1=O. The van der Waals surface area contributed by atoms with Gasteiger partial charge in [-0.1, -0.05) is 30.4 Å². The molecule has 0 aromatic heterocycles. The standard InChI is InChI=1S/C24H30O14S2/c1-2-6-3-7(27)10-11(12(6)28)16(32)22(40-24-20(36)18(34)14(30)9(5-26)38-24)21(15(10)31)39-23-19(35)17(33)13(29)8(4-25)37-23/h3,8-9,13-14,17-20,23-26,29-36H,2,4-5H2,1H3/t8-,9-,13-,14-,17+,18+,19-,20-,23+,24+/m1/s1. The fourth-order valence-electron chi connectivity index (χ4n) is 4.64.